The topological polar surface area (TPSA) is 29.5 Å². The first-order chi connectivity index (χ1) is 14.4. The van der Waals surface area contributed by atoms with Crippen LogP contribution < -0.4 is 0 Å². The van der Waals surface area contributed by atoms with Crippen LogP contribution in [0.25, 0.3) is 0 Å². The molecule has 3 rings (SSSR count). The second kappa shape index (κ2) is 9.82. The maximum absolute atomic E-state index is 14.5. The molecule has 0 bridgehead atoms. The maximum atomic E-state index is 14.5. The van der Waals surface area contributed by atoms with Gasteiger partial charge in [-0.15, -0.1) is 0 Å². The fraction of sp³-hybridized carbons (Fsp3) is 0.500. The van der Waals surface area contributed by atoms with E-state index in [0.717, 1.165) is 19.3 Å². The van der Waals surface area contributed by atoms with Crippen LogP contribution in [0.1, 0.15) is 74.3 Å². The summed E-state index contributed by atoms with van der Waals surface area (Å²) < 4.78 is 63.5. The molecule has 0 saturated carbocycles. The van der Waals surface area contributed by atoms with Crippen LogP contribution in [0.2, 0.25) is 0 Å². The van der Waals surface area contributed by atoms with Crippen molar-refractivity contribution in [1.82, 2.24) is 0 Å². The second-order valence-electron chi connectivity index (χ2n) is 8.09. The SMILES string of the molecule is CCCc1ccc(Cc2cc(C3CCC(CCC)CO3)c(F)c(F)c2O)c(F)c1F. The minimum atomic E-state index is -1.38. The molecule has 1 N–H and O–H groups in total. The average molecular weight is 424 g/mol. The zero-order valence-corrected chi connectivity index (χ0v) is 17.4. The van der Waals surface area contributed by atoms with Gasteiger partial charge in [0.05, 0.1) is 12.7 Å². The molecule has 1 saturated heterocycles. The highest BCUT2D eigenvalue weighted by atomic mass is 19.2. The Morgan fingerprint density at radius 1 is 0.900 bits per heavy atom. The summed E-state index contributed by atoms with van der Waals surface area (Å²) >= 11 is 0. The monoisotopic (exact) mass is 424 g/mol. The third kappa shape index (κ3) is 4.64. The van der Waals surface area contributed by atoms with Crippen molar-refractivity contribution in [2.45, 2.75) is 64.9 Å². The molecule has 2 aromatic rings. The number of ether oxygens (including phenoxy) is 1. The Balaban J connectivity index is 1.89. The standard InChI is InChI=1S/C24H28F4O2/c1-3-5-14-7-10-19(30-13-14)18-12-17(24(29)23(28)22(18)27)11-16-9-8-15(6-4-2)20(25)21(16)26/h8-9,12,14,19,29H,3-7,10-11,13H2,1-2H3. The third-order valence-electron chi connectivity index (χ3n) is 5.84. The molecule has 6 heteroatoms. The highest BCUT2D eigenvalue weighted by Crippen LogP contribution is 2.38. The summed E-state index contributed by atoms with van der Waals surface area (Å²) in [5.41, 5.74) is 0.266. The molecule has 2 nitrogen and oxygen atoms in total. The molecule has 0 spiro atoms. The quantitative estimate of drug-likeness (QED) is 0.498. The Morgan fingerprint density at radius 3 is 2.23 bits per heavy atom. The molecule has 1 aliphatic rings. The Labute approximate surface area is 174 Å². The van der Waals surface area contributed by atoms with E-state index in [-0.39, 0.29) is 28.7 Å². The fourth-order valence-corrected chi connectivity index (χ4v) is 4.18. The molecule has 0 radical (unpaired) electrons. The van der Waals surface area contributed by atoms with Gasteiger partial charge < -0.3 is 9.84 Å². The number of hydrogen-bond donors (Lipinski definition) is 1. The summed E-state index contributed by atoms with van der Waals surface area (Å²) in [7, 11) is 0. The largest absolute Gasteiger partial charge is 0.505 e. The van der Waals surface area contributed by atoms with Crippen LogP contribution >= 0.6 is 0 Å². The van der Waals surface area contributed by atoms with Crippen molar-refractivity contribution in [2.24, 2.45) is 5.92 Å². The number of phenols is 1. The Bertz CT molecular complexity index is 890. The molecule has 2 unspecified atom stereocenters. The predicted octanol–water partition coefficient (Wildman–Crippen LogP) is 6.76. The first kappa shape index (κ1) is 22.6. The van der Waals surface area contributed by atoms with Crippen LogP contribution in [0.3, 0.4) is 0 Å². The van der Waals surface area contributed by atoms with Crippen LogP contribution in [0.4, 0.5) is 17.6 Å². The van der Waals surface area contributed by atoms with Gasteiger partial charge in [0.25, 0.3) is 0 Å². The van der Waals surface area contributed by atoms with Crippen molar-refractivity contribution in [3.05, 3.63) is 63.7 Å². The highest BCUT2D eigenvalue weighted by Gasteiger charge is 2.28. The number of halogens is 4. The summed E-state index contributed by atoms with van der Waals surface area (Å²) in [4.78, 5) is 0. The average Bonchev–Trinajstić information content (AvgIpc) is 2.74. The Hall–Kier alpha value is -2.08. The van der Waals surface area contributed by atoms with Crippen LogP contribution in [0, 0.1) is 29.2 Å². The molecule has 0 aliphatic carbocycles. The lowest BCUT2D eigenvalue weighted by Crippen LogP contribution is -2.21. The lowest BCUT2D eigenvalue weighted by atomic mass is 9.90. The molecular formula is C24H28F4O2. The minimum absolute atomic E-state index is 0.00437. The van der Waals surface area contributed by atoms with Crippen LogP contribution in [-0.4, -0.2) is 11.7 Å². The molecule has 0 aromatic heterocycles. The van der Waals surface area contributed by atoms with E-state index in [2.05, 4.69) is 6.92 Å². The summed E-state index contributed by atoms with van der Waals surface area (Å²) in [5, 5.41) is 10.1. The number of aromatic hydroxyl groups is 1. The van der Waals surface area contributed by atoms with E-state index in [1.807, 2.05) is 6.92 Å². The van der Waals surface area contributed by atoms with Crippen molar-refractivity contribution in [3.63, 3.8) is 0 Å². The smallest absolute Gasteiger partial charge is 0.201 e. The van der Waals surface area contributed by atoms with Crippen LogP contribution in [-0.2, 0) is 17.6 Å². The molecule has 0 amide bonds. The molecule has 30 heavy (non-hydrogen) atoms. The molecule has 1 fully saturated rings. The van der Waals surface area contributed by atoms with Gasteiger partial charge in [0, 0.05) is 17.5 Å². The van der Waals surface area contributed by atoms with E-state index in [4.69, 9.17) is 4.74 Å². The van der Waals surface area contributed by atoms with E-state index in [1.165, 1.54) is 18.2 Å². The molecular weight excluding hydrogens is 396 g/mol. The van der Waals surface area contributed by atoms with E-state index in [1.54, 1.807) is 0 Å². The maximum Gasteiger partial charge on any atom is 0.201 e. The van der Waals surface area contributed by atoms with Crippen molar-refractivity contribution in [3.8, 4) is 5.75 Å². The van der Waals surface area contributed by atoms with Gasteiger partial charge in [-0.2, -0.15) is 4.39 Å². The minimum Gasteiger partial charge on any atom is -0.505 e. The van der Waals surface area contributed by atoms with E-state index >= 15 is 0 Å². The van der Waals surface area contributed by atoms with Crippen molar-refractivity contribution in [1.29, 1.82) is 0 Å². The third-order valence-corrected chi connectivity index (χ3v) is 5.84. The summed E-state index contributed by atoms with van der Waals surface area (Å²) in [6.07, 6.45) is 3.63. The lowest BCUT2D eigenvalue weighted by Gasteiger charge is -2.29. The van der Waals surface area contributed by atoms with Gasteiger partial charge in [0.2, 0.25) is 5.82 Å². The van der Waals surface area contributed by atoms with Crippen LogP contribution in [0.5, 0.6) is 5.75 Å². The van der Waals surface area contributed by atoms with Gasteiger partial charge in [0.15, 0.2) is 23.2 Å². The molecule has 2 atom stereocenters. The summed E-state index contributed by atoms with van der Waals surface area (Å²) in [5.74, 6) is -4.98. The molecule has 1 aliphatic heterocycles. The number of rotatable bonds is 7. The summed E-state index contributed by atoms with van der Waals surface area (Å²) in [6.45, 7) is 4.42. The molecule has 2 aromatic carbocycles. The van der Waals surface area contributed by atoms with E-state index in [0.29, 0.717) is 31.8 Å². The van der Waals surface area contributed by atoms with Gasteiger partial charge in [-0.05, 0) is 48.8 Å². The lowest BCUT2D eigenvalue weighted by molar-refractivity contribution is -0.0215. The van der Waals surface area contributed by atoms with Crippen LogP contribution in [0.15, 0.2) is 18.2 Å². The Kier molecular flexibility index (Phi) is 7.40. The fourth-order valence-electron chi connectivity index (χ4n) is 4.18. The number of hydrogen-bond acceptors (Lipinski definition) is 2. The van der Waals surface area contributed by atoms with E-state index in [9.17, 15) is 22.7 Å². The first-order valence-corrected chi connectivity index (χ1v) is 10.6. The van der Waals surface area contributed by atoms with Gasteiger partial charge in [0.1, 0.15) is 0 Å². The van der Waals surface area contributed by atoms with Gasteiger partial charge in [-0.3, -0.25) is 0 Å². The zero-order chi connectivity index (χ0) is 21.8. The van der Waals surface area contributed by atoms with Gasteiger partial charge >= 0.3 is 0 Å². The number of aryl methyl sites for hydroxylation is 1. The number of benzene rings is 2. The normalized spacial score (nSPS) is 19.3. The predicted molar refractivity (Wildman–Crippen MR) is 108 cm³/mol. The number of phenolic OH excluding ortho intramolecular Hbond substituents is 1. The van der Waals surface area contributed by atoms with Gasteiger partial charge in [-0.25, -0.2) is 13.2 Å². The van der Waals surface area contributed by atoms with Gasteiger partial charge in [-0.1, -0.05) is 38.8 Å². The summed E-state index contributed by atoms with van der Waals surface area (Å²) in [6, 6.07) is 4.24. The van der Waals surface area contributed by atoms with E-state index < -0.39 is 35.1 Å². The van der Waals surface area contributed by atoms with Crippen molar-refractivity contribution in [2.75, 3.05) is 6.61 Å². The van der Waals surface area contributed by atoms with Crippen molar-refractivity contribution >= 4 is 0 Å². The van der Waals surface area contributed by atoms with Crippen molar-refractivity contribution < 1.29 is 27.4 Å². The first-order valence-electron chi connectivity index (χ1n) is 10.6. The Morgan fingerprint density at radius 2 is 1.60 bits per heavy atom. The molecule has 1 heterocycles. The molecule has 164 valence electrons. The zero-order valence-electron chi connectivity index (χ0n) is 17.4. The highest BCUT2D eigenvalue weighted by molar-refractivity contribution is 5.43. The second-order valence-corrected chi connectivity index (χ2v) is 8.09.